The van der Waals surface area contributed by atoms with Crippen LogP contribution in [0.4, 0.5) is 5.69 Å². The van der Waals surface area contributed by atoms with E-state index in [1.165, 1.54) is 16.4 Å². The Morgan fingerprint density at radius 2 is 1.82 bits per heavy atom. The number of piperidine rings is 1. The standard InChI is InChI=1S/C19H28N4O4S/c1-14(22-10-4-5-15(13-22)18(20)24)19(25)21-16-6-8-17(9-7-16)28(26,27)23-11-2-3-12-23/h6-9,14-15H,2-5,10-13H2,1H3,(H2,20,24)(H,21,25)/p+1/t14-,15-/m0/s1. The number of primary amides is 1. The van der Waals surface area contributed by atoms with Crippen LogP contribution in [0.25, 0.3) is 0 Å². The lowest BCUT2D eigenvalue weighted by Crippen LogP contribution is -3.18. The predicted octanol–water partition coefficient (Wildman–Crippen LogP) is -0.422. The SMILES string of the molecule is C[C@@H](C(=O)Nc1ccc(S(=O)(=O)N2CCCC2)cc1)[NH+]1CCC[C@H](C(N)=O)C1. The first-order valence-electron chi connectivity index (χ1n) is 9.84. The molecule has 2 amide bonds. The maximum atomic E-state index is 12.6. The van der Waals surface area contributed by atoms with E-state index in [4.69, 9.17) is 5.73 Å². The molecule has 1 aromatic carbocycles. The van der Waals surface area contributed by atoms with Gasteiger partial charge in [0.25, 0.3) is 5.91 Å². The van der Waals surface area contributed by atoms with E-state index < -0.39 is 10.0 Å². The van der Waals surface area contributed by atoms with Crippen LogP contribution in [0.5, 0.6) is 0 Å². The number of carbonyl (C=O) groups is 2. The fraction of sp³-hybridized carbons (Fsp3) is 0.579. The Balaban J connectivity index is 1.62. The number of rotatable bonds is 6. The van der Waals surface area contributed by atoms with Crippen molar-refractivity contribution in [1.29, 1.82) is 0 Å². The second-order valence-electron chi connectivity index (χ2n) is 7.70. The van der Waals surface area contributed by atoms with Crippen LogP contribution in [0.3, 0.4) is 0 Å². The largest absolute Gasteiger partial charge is 0.369 e. The molecule has 2 aliphatic heterocycles. The van der Waals surface area contributed by atoms with E-state index in [1.807, 2.05) is 6.92 Å². The number of carbonyl (C=O) groups excluding carboxylic acids is 2. The van der Waals surface area contributed by atoms with Crippen LogP contribution in [0, 0.1) is 5.92 Å². The van der Waals surface area contributed by atoms with Crippen LogP contribution in [0.2, 0.25) is 0 Å². The molecule has 1 unspecified atom stereocenters. The summed E-state index contributed by atoms with van der Waals surface area (Å²) in [5, 5.41) is 2.85. The Morgan fingerprint density at radius 1 is 1.18 bits per heavy atom. The van der Waals surface area contributed by atoms with Crippen molar-refractivity contribution in [1.82, 2.24) is 4.31 Å². The molecule has 28 heavy (non-hydrogen) atoms. The van der Waals surface area contributed by atoms with E-state index in [0.717, 1.165) is 37.1 Å². The minimum Gasteiger partial charge on any atom is -0.369 e. The Hall–Kier alpha value is -1.97. The Labute approximate surface area is 166 Å². The number of quaternary nitrogens is 1. The zero-order valence-electron chi connectivity index (χ0n) is 16.2. The zero-order valence-corrected chi connectivity index (χ0v) is 17.0. The third-order valence-corrected chi connectivity index (χ3v) is 7.70. The molecule has 2 aliphatic rings. The molecule has 0 aromatic heterocycles. The molecule has 0 bridgehead atoms. The average Bonchev–Trinajstić information content (AvgIpc) is 3.23. The summed E-state index contributed by atoms with van der Waals surface area (Å²) in [6.45, 7) is 4.34. The van der Waals surface area contributed by atoms with E-state index in [-0.39, 0.29) is 28.7 Å². The summed E-state index contributed by atoms with van der Waals surface area (Å²) in [7, 11) is -3.46. The van der Waals surface area contributed by atoms with Crippen molar-refractivity contribution in [2.45, 2.75) is 43.5 Å². The zero-order chi connectivity index (χ0) is 20.3. The predicted molar refractivity (Wildman–Crippen MR) is 105 cm³/mol. The number of hydrogen-bond donors (Lipinski definition) is 3. The van der Waals surface area contributed by atoms with E-state index in [0.29, 0.717) is 25.3 Å². The number of hydrogen-bond acceptors (Lipinski definition) is 4. The molecule has 9 heteroatoms. The van der Waals surface area contributed by atoms with Gasteiger partial charge in [-0.1, -0.05) is 0 Å². The topological polar surface area (TPSA) is 114 Å². The van der Waals surface area contributed by atoms with E-state index in [9.17, 15) is 18.0 Å². The quantitative estimate of drug-likeness (QED) is 0.592. The van der Waals surface area contributed by atoms with Crippen LogP contribution in [0.1, 0.15) is 32.6 Å². The lowest BCUT2D eigenvalue weighted by atomic mass is 9.96. The molecular formula is C19H29N4O4S+. The van der Waals surface area contributed by atoms with Gasteiger partial charge in [-0.2, -0.15) is 4.31 Å². The number of benzene rings is 1. The molecule has 1 aromatic rings. The van der Waals surface area contributed by atoms with Gasteiger partial charge in [0.2, 0.25) is 15.9 Å². The summed E-state index contributed by atoms with van der Waals surface area (Å²) in [4.78, 5) is 25.3. The summed E-state index contributed by atoms with van der Waals surface area (Å²) in [6, 6.07) is 5.97. The highest BCUT2D eigenvalue weighted by Gasteiger charge is 2.33. The van der Waals surface area contributed by atoms with Crippen molar-refractivity contribution < 1.29 is 22.9 Å². The second kappa shape index (κ2) is 8.59. The van der Waals surface area contributed by atoms with Gasteiger partial charge in [-0.05, 0) is 56.9 Å². The highest BCUT2D eigenvalue weighted by Crippen LogP contribution is 2.22. The maximum Gasteiger partial charge on any atom is 0.282 e. The van der Waals surface area contributed by atoms with Crippen LogP contribution in [-0.2, 0) is 19.6 Å². The van der Waals surface area contributed by atoms with Crippen LogP contribution in [0.15, 0.2) is 29.2 Å². The summed E-state index contributed by atoms with van der Waals surface area (Å²) in [6.07, 6.45) is 3.42. The van der Waals surface area contributed by atoms with Crippen molar-refractivity contribution >= 4 is 27.5 Å². The van der Waals surface area contributed by atoms with Crippen molar-refractivity contribution in [3.05, 3.63) is 24.3 Å². The number of amides is 2. The number of sulfonamides is 1. The van der Waals surface area contributed by atoms with Gasteiger partial charge >= 0.3 is 0 Å². The minimum atomic E-state index is -3.46. The molecule has 154 valence electrons. The molecule has 0 aliphatic carbocycles. The number of anilines is 1. The monoisotopic (exact) mass is 409 g/mol. The van der Waals surface area contributed by atoms with Crippen molar-refractivity contribution in [2.24, 2.45) is 11.7 Å². The van der Waals surface area contributed by atoms with Gasteiger partial charge < -0.3 is 16.0 Å². The highest BCUT2D eigenvalue weighted by molar-refractivity contribution is 7.89. The maximum absolute atomic E-state index is 12.6. The molecule has 2 saturated heterocycles. The van der Waals surface area contributed by atoms with Crippen molar-refractivity contribution in [3.8, 4) is 0 Å². The Morgan fingerprint density at radius 3 is 2.43 bits per heavy atom. The normalized spacial score (nSPS) is 24.6. The smallest absolute Gasteiger partial charge is 0.282 e. The summed E-state index contributed by atoms with van der Waals surface area (Å²) >= 11 is 0. The number of nitrogens with two attached hydrogens (primary N) is 1. The first kappa shape index (κ1) is 20.8. The Bertz CT molecular complexity index is 819. The molecule has 0 saturated carbocycles. The average molecular weight is 410 g/mol. The summed E-state index contributed by atoms with van der Waals surface area (Å²) < 4.78 is 26.6. The number of likely N-dealkylation sites (tertiary alicyclic amines) is 1. The van der Waals surface area contributed by atoms with Gasteiger partial charge in [0.1, 0.15) is 0 Å². The van der Waals surface area contributed by atoms with Crippen LogP contribution >= 0.6 is 0 Å². The molecule has 8 nitrogen and oxygen atoms in total. The molecule has 0 radical (unpaired) electrons. The summed E-state index contributed by atoms with van der Waals surface area (Å²) in [5.74, 6) is -0.649. The van der Waals surface area contributed by atoms with E-state index >= 15 is 0 Å². The van der Waals surface area contributed by atoms with E-state index in [1.54, 1.807) is 12.1 Å². The lowest BCUT2D eigenvalue weighted by molar-refractivity contribution is -0.921. The minimum absolute atomic E-state index is 0.157. The van der Waals surface area contributed by atoms with Crippen LogP contribution in [-0.4, -0.2) is 56.8 Å². The molecule has 3 atom stereocenters. The fourth-order valence-corrected chi connectivity index (χ4v) is 5.47. The van der Waals surface area contributed by atoms with Gasteiger partial charge in [-0.25, -0.2) is 8.42 Å². The third-order valence-electron chi connectivity index (χ3n) is 5.79. The van der Waals surface area contributed by atoms with Gasteiger partial charge in [0, 0.05) is 18.8 Å². The lowest BCUT2D eigenvalue weighted by Gasteiger charge is -2.31. The molecule has 4 N–H and O–H groups in total. The van der Waals surface area contributed by atoms with Gasteiger partial charge in [-0.3, -0.25) is 9.59 Å². The third kappa shape index (κ3) is 4.53. The van der Waals surface area contributed by atoms with Crippen LogP contribution < -0.4 is 16.0 Å². The molecule has 2 fully saturated rings. The van der Waals surface area contributed by atoms with E-state index in [2.05, 4.69) is 5.32 Å². The first-order chi connectivity index (χ1) is 13.3. The van der Waals surface area contributed by atoms with Gasteiger partial charge in [0.15, 0.2) is 6.04 Å². The first-order valence-corrected chi connectivity index (χ1v) is 11.3. The highest BCUT2D eigenvalue weighted by atomic mass is 32.2. The van der Waals surface area contributed by atoms with Crippen molar-refractivity contribution in [2.75, 3.05) is 31.5 Å². The molecular weight excluding hydrogens is 380 g/mol. The fourth-order valence-electron chi connectivity index (χ4n) is 3.96. The van der Waals surface area contributed by atoms with Gasteiger partial charge in [-0.15, -0.1) is 0 Å². The second-order valence-corrected chi connectivity index (χ2v) is 9.64. The summed E-state index contributed by atoms with van der Waals surface area (Å²) in [5.41, 5.74) is 5.97. The molecule has 0 spiro atoms. The molecule has 3 rings (SSSR count). The number of nitrogens with zero attached hydrogens (tertiary/aromatic N) is 1. The van der Waals surface area contributed by atoms with Gasteiger partial charge in [0.05, 0.1) is 23.9 Å². The Kier molecular flexibility index (Phi) is 6.36. The molecule has 2 heterocycles. The number of nitrogens with one attached hydrogen (secondary N) is 2. The van der Waals surface area contributed by atoms with Crippen molar-refractivity contribution in [3.63, 3.8) is 0 Å².